The first kappa shape index (κ1) is 9.52. The van der Waals surface area contributed by atoms with Crippen LogP contribution in [0.25, 0.3) is 5.52 Å². The molecule has 14 heavy (non-hydrogen) atoms. The number of nitrogens with zero attached hydrogens (tertiary/aromatic N) is 3. The van der Waals surface area contributed by atoms with Crippen LogP contribution < -0.4 is 4.90 Å². The second-order valence-electron chi connectivity index (χ2n) is 3.45. The van der Waals surface area contributed by atoms with Gasteiger partial charge in [-0.3, -0.25) is 4.40 Å². The van der Waals surface area contributed by atoms with E-state index in [1.54, 1.807) is 0 Å². The van der Waals surface area contributed by atoms with Crippen molar-refractivity contribution in [2.75, 3.05) is 19.0 Å². The van der Waals surface area contributed by atoms with E-state index in [0.717, 1.165) is 21.8 Å². The third-order valence-electron chi connectivity index (χ3n) is 2.22. The summed E-state index contributed by atoms with van der Waals surface area (Å²) in [5, 5.41) is 0. The third kappa shape index (κ3) is 1.30. The van der Waals surface area contributed by atoms with E-state index in [1.807, 2.05) is 27.1 Å². The van der Waals surface area contributed by atoms with Crippen molar-refractivity contribution in [3.8, 4) is 0 Å². The zero-order chi connectivity index (χ0) is 10.3. The molecule has 3 nitrogen and oxygen atoms in total. The van der Waals surface area contributed by atoms with Gasteiger partial charge in [0.2, 0.25) is 0 Å². The summed E-state index contributed by atoms with van der Waals surface area (Å²) in [6, 6.07) is 6.17. The first-order valence-corrected chi connectivity index (χ1v) is 5.21. The molecule has 0 saturated carbocycles. The lowest BCUT2D eigenvalue weighted by molar-refractivity contribution is 0.974. The molecule has 0 bridgehead atoms. The minimum Gasteiger partial charge on any atom is -0.364 e. The highest BCUT2D eigenvalue weighted by molar-refractivity contribution is 9.10. The van der Waals surface area contributed by atoms with Crippen molar-refractivity contribution in [2.45, 2.75) is 6.92 Å². The van der Waals surface area contributed by atoms with Crippen LogP contribution >= 0.6 is 15.9 Å². The van der Waals surface area contributed by atoms with E-state index in [1.165, 1.54) is 0 Å². The monoisotopic (exact) mass is 253 g/mol. The molecule has 0 saturated heterocycles. The van der Waals surface area contributed by atoms with E-state index in [-0.39, 0.29) is 0 Å². The lowest BCUT2D eigenvalue weighted by Crippen LogP contribution is -2.13. The molecule has 0 N–H and O–H groups in total. The SMILES string of the molecule is Cc1nc(Br)c2cccc(N(C)C)n12. The van der Waals surface area contributed by atoms with Gasteiger partial charge in [-0.05, 0) is 35.0 Å². The molecule has 0 aliphatic heterocycles. The number of hydrogen-bond donors (Lipinski definition) is 0. The van der Waals surface area contributed by atoms with E-state index < -0.39 is 0 Å². The van der Waals surface area contributed by atoms with E-state index in [0.29, 0.717) is 0 Å². The molecule has 74 valence electrons. The Morgan fingerprint density at radius 1 is 1.36 bits per heavy atom. The molecule has 0 amide bonds. The van der Waals surface area contributed by atoms with Gasteiger partial charge in [0, 0.05) is 14.1 Å². The Bertz CT molecular complexity index is 473. The quantitative estimate of drug-likeness (QED) is 0.779. The van der Waals surface area contributed by atoms with Crippen molar-refractivity contribution in [1.82, 2.24) is 9.38 Å². The number of fused-ring (bicyclic) bond motifs is 1. The predicted octanol–water partition coefficient (Wildman–Crippen LogP) is 2.47. The molecule has 0 spiro atoms. The number of imidazole rings is 1. The van der Waals surface area contributed by atoms with Crippen LogP contribution in [-0.4, -0.2) is 23.5 Å². The molecule has 0 aromatic carbocycles. The normalized spacial score (nSPS) is 10.9. The van der Waals surface area contributed by atoms with Gasteiger partial charge in [-0.2, -0.15) is 0 Å². The molecule has 2 heterocycles. The Kier molecular flexibility index (Phi) is 2.23. The van der Waals surface area contributed by atoms with E-state index in [4.69, 9.17) is 0 Å². The van der Waals surface area contributed by atoms with Crippen LogP contribution in [0.4, 0.5) is 5.82 Å². The third-order valence-corrected chi connectivity index (χ3v) is 2.81. The maximum absolute atomic E-state index is 4.39. The average Bonchev–Trinajstić information content (AvgIpc) is 2.43. The highest BCUT2D eigenvalue weighted by atomic mass is 79.9. The number of aryl methyl sites for hydroxylation is 1. The summed E-state index contributed by atoms with van der Waals surface area (Å²) in [4.78, 5) is 6.46. The second kappa shape index (κ2) is 3.28. The lowest BCUT2D eigenvalue weighted by Gasteiger charge is -2.15. The Balaban J connectivity index is 2.85. The summed E-state index contributed by atoms with van der Waals surface area (Å²) >= 11 is 3.45. The smallest absolute Gasteiger partial charge is 0.132 e. The maximum Gasteiger partial charge on any atom is 0.132 e. The fraction of sp³-hybridized carbons (Fsp3) is 0.300. The molecule has 0 aliphatic carbocycles. The molecule has 2 aromatic heterocycles. The van der Waals surface area contributed by atoms with Crippen LogP contribution in [0.1, 0.15) is 5.82 Å². The van der Waals surface area contributed by atoms with Crippen molar-refractivity contribution in [2.24, 2.45) is 0 Å². The highest BCUT2D eigenvalue weighted by Crippen LogP contribution is 2.23. The van der Waals surface area contributed by atoms with Crippen LogP contribution in [0.15, 0.2) is 22.8 Å². The van der Waals surface area contributed by atoms with Gasteiger partial charge in [-0.25, -0.2) is 4.98 Å². The molecule has 0 fully saturated rings. The fourth-order valence-corrected chi connectivity index (χ4v) is 2.16. The van der Waals surface area contributed by atoms with E-state index >= 15 is 0 Å². The molecule has 0 radical (unpaired) electrons. The largest absolute Gasteiger partial charge is 0.364 e. The van der Waals surface area contributed by atoms with Crippen LogP contribution in [0, 0.1) is 6.92 Å². The Hall–Kier alpha value is -1.03. The molecule has 2 aromatic rings. The summed E-state index contributed by atoms with van der Waals surface area (Å²) in [5.74, 6) is 2.13. The van der Waals surface area contributed by atoms with Crippen molar-refractivity contribution in [3.63, 3.8) is 0 Å². The van der Waals surface area contributed by atoms with Gasteiger partial charge in [-0.15, -0.1) is 0 Å². The second-order valence-corrected chi connectivity index (χ2v) is 4.20. The molecular formula is C10H12BrN3. The standard InChI is InChI=1S/C10H12BrN3/c1-7-12-10(11)8-5-4-6-9(13(2)3)14(7)8/h4-6H,1-3H3. The van der Waals surface area contributed by atoms with Gasteiger partial charge in [-0.1, -0.05) is 6.07 Å². The lowest BCUT2D eigenvalue weighted by atomic mass is 10.4. The Morgan fingerprint density at radius 3 is 2.71 bits per heavy atom. The van der Waals surface area contributed by atoms with Crippen molar-refractivity contribution < 1.29 is 0 Å². The summed E-state index contributed by atoms with van der Waals surface area (Å²) < 4.78 is 3.03. The summed E-state index contributed by atoms with van der Waals surface area (Å²) in [6.45, 7) is 2.00. The highest BCUT2D eigenvalue weighted by Gasteiger charge is 2.09. The number of anilines is 1. The Morgan fingerprint density at radius 2 is 2.07 bits per heavy atom. The summed E-state index contributed by atoms with van der Waals surface area (Å²) in [5.41, 5.74) is 1.11. The average molecular weight is 254 g/mol. The molecule has 0 aliphatic rings. The Labute approximate surface area is 91.5 Å². The predicted molar refractivity (Wildman–Crippen MR) is 62.0 cm³/mol. The van der Waals surface area contributed by atoms with Crippen LogP contribution in [0.5, 0.6) is 0 Å². The van der Waals surface area contributed by atoms with Crippen molar-refractivity contribution in [1.29, 1.82) is 0 Å². The minimum absolute atomic E-state index is 0.902. The van der Waals surface area contributed by atoms with Gasteiger partial charge in [0.25, 0.3) is 0 Å². The maximum atomic E-state index is 4.39. The van der Waals surface area contributed by atoms with Crippen LogP contribution in [-0.2, 0) is 0 Å². The van der Waals surface area contributed by atoms with Gasteiger partial charge in [0.15, 0.2) is 0 Å². The molecule has 4 heteroatoms. The number of halogens is 1. The topological polar surface area (TPSA) is 20.5 Å². The molecular weight excluding hydrogens is 242 g/mol. The van der Waals surface area contributed by atoms with Crippen LogP contribution in [0.3, 0.4) is 0 Å². The first-order valence-electron chi connectivity index (χ1n) is 4.42. The van der Waals surface area contributed by atoms with Gasteiger partial charge < -0.3 is 4.90 Å². The number of pyridine rings is 1. The molecule has 0 unspecified atom stereocenters. The minimum atomic E-state index is 0.902. The van der Waals surface area contributed by atoms with Crippen molar-refractivity contribution in [3.05, 3.63) is 28.6 Å². The van der Waals surface area contributed by atoms with E-state index in [2.05, 4.69) is 42.3 Å². The van der Waals surface area contributed by atoms with Crippen LogP contribution in [0.2, 0.25) is 0 Å². The zero-order valence-corrected chi connectivity index (χ0v) is 10.0. The van der Waals surface area contributed by atoms with Crippen molar-refractivity contribution >= 4 is 27.3 Å². The van der Waals surface area contributed by atoms with Gasteiger partial charge in [0.05, 0.1) is 5.52 Å². The molecule has 2 rings (SSSR count). The number of hydrogen-bond acceptors (Lipinski definition) is 2. The first-order chi connectivity index (χ1) is 6.61. The fourth-order valence-electron chi connectivity index (χ4n) is 1.60. The van der Waals surface area contributed by atoms with Gasteiger partial charge >= 0.3 is 0 Å². The summed E-state index contributed by atoms with van der Waals surface area (Å²) in [7, 11) is 4.06. The molecule has 0 atom stereocenters. The van der Waals surface area contributed by atoms with Gasteiger partial charge in [0.1, 0.15) is 16.2 Å². The zero-order valence-electron chi connectivity index (χ0n) is 8.45. The number of rotatable bonds is 1. The summed E-state index contributed by atoms with van der Waals surface area (Å²) in [6.07, 6.45) is 0. The van der Waals surface area contributed by atoms with E-state index in [9.17, 15) is 0 Å². The number of aromatic nitrogens is 2.